The summed E-state index contributed by atoms with van der Waals surface area (Å²) in [6, 6.07) is 1.38. The van der Waals surface area contributed by atoms with Gasteiger partial charge in [0.25, 0.3) is 0 Å². The van der Waals surface area contributed by atoms with Crippen LogP contribution in [0.5, 0.6) is 11.5 Å². The van der Waals surface area contributed by atoms with Crippen LogP contribution in [-0.4, -0.2) is 135 Å². The number of aliphatic carboxylic acids is 1. The average Bonchev–Trinajstić information content (AvgIpc) is 3.28. The van der Waals surface area contributed by atoms with Crippen molar-refractivity contribution in [3.05, 3.63) is 18.0 Å². The number of hydrogen-bond acceptors (Lipinski definition) is 14. The molecule has 6 atom stereocenters. The zero-order valence-corrected chi connectivity index (χ0v) is 21.0. The summed E-state index contributed by atoms with van der Waals surface area (Å²) >= 11 is 1.21. The molecule has 6 N–H and O–H groups in total. The molecule has 3 heterocycles. The van der Waals surface area contributed by atoms with Crippen LogP contribution in [0.15, 0.2) is 17.3 Å². The van der Waals surface area contributed by atoms with E-state index in [0.717, 1.165) is 0 Å². The number of aliphatic imine (C=N–C) groups is 1. The highest BCUT2D eigenvalue weighted by Crippen LogP contribution is 2.34. The van der Waals surface area contributed by atoms with E-state index in [0.29, 0.717) is 10.8 Å². The van der Waals surface area contributed by atoms with Gasteiger partial charge in [-0.1, -0.05) is 0 Å². The number of ether oxygens (including phenoxy) is 5. The van der Waals surface area contributed by atoms with Gasteiger partial charge in [0.15, 0.2) is 11.8 Å². The van der Waals surface area contributed by atoms with Gasteiger partial charge in [0.2, 0.25) is 0 Å². The largest absolute Gasteiger partial charge is 0.505 e. The lowest BCUT2D eigenvalue weighted by Crippen LogP contribution is -2.59. The molecular formula is C22H32N2O12S. The van der Waals surface area contributed by atoms with Crippen molar-refractivity contribution < 1.29 is 59.1 Å². The number of thioether (sulfide) groups is 1. The molecule has 0 saturated carbocycles. The van der Waals surface area contributed by atoms with E-state index >= 15 is 0 Å². The van der Waals surface area contributed by atoms with Gasteiger partial charge in [-0.2, -0.15) is 0 Å². The number of rotatable bonds is 14. The number of aromatic hydroxyl groups is 1. The quantitative estimate of drug-likeness (QED) is 0.144. The van der Waals surface area contributed by atoms with Crippen LogP contribution in [-0.2, 0) is 23.7 Å². The molecule has 0 amide bonds. The maximum Gasteiger partial charge on any atom is 0.332 e. The number of carboxylic acids is 1. The molecule has 1 aromatic rings. The number of carboxylic acid groups (broad SMARTS) is 1. The van der Waals surface area contributed by atoms with Crippen LogP contribution in [0.25, 0.3) is 0 Å². The lowest BCUT2D eigenvalue weighted by atomic mass is 9.99. The molecule has 14 nitrogen and oxygen atoms in total. The molecule has 1 saturated heterocycles. The predicted octanol–water partition coefficient (Wildman–Crippen LogP) is -1.65. The highest BCUT2D eigenvalue weighted by atomic mass is 32.2. The lowest BCUT2D eigenvalue weighted by molar-refractivity contribution is -0.302. The van der Waals surface area contributed by atoms with Crippen LogP contribution < -0.4 is 4.74 Å². The van der Waals surface area contributed by atoms with Crippen molar-refractivity contribution in [2.75, 3.05) is 52.0 Å². The predicted molar refractivity (Wildman–Crippen MR) is 128 cm³/mol. The van der Waals surface area contributed by atoms with Gasteiger partial charge in [0.1, 0.15) is 53.3 Å². The molecule has 0 bridgehead atoms. The van der Waals surface area contributed by atoms with E-state index in [1.54, 1.807) is 0 Å². The summed E-state index contributed by atoms with van der Waals surface area (Å²) in [6.07, 6.45) is -5.23. The molecule has 208 valence electrons. The van der Waals surface area contributed by atoms with Gasteiger partial charge in [0.05, 0.1) is 45.8 Å². The SMILES string of the molecule is C[C@]1(C(=O)O)CSC(c2ncc(OCCOCCOCCO[C@H]3OC(CO)[C@@H](O)C(O)[C@@H]3O)cc2O)=N1. The van der Waals surface area contributed by atoms with Crippen LogP contribution in [0.2, 0.25) is 0 Å². The Hall–Kier alpha value is -2.08. The zero-order valence-electron chi connectivity index (χ0n) is 20.1. The summed E-state index contributed by atoms with van der Waals surface area (Å²) in [5.74, 6) is -0.639. The van der Waals surface area contributed by atoms with E-state index in [1.165, 1.54) is 30.9 Å². The summed E-state index contributed by atoms with van der Waals surface area (Å²) in [5.41, 5.74) is -1.05. The maximum atomic E-state index is 11.3. The van der Waals surface area contributed by atoms with Crippen molar-refractivity contribution in [2.24, 2.45) is 4.99 Å². The number of nitrogens with zero attached hydrogens (tertiary/aromatic N) is 2. The second-order valence-corrected chi connectivity index (χ2v) is 9.43. The minimum Gasteiger partial charge on any atom is -0.505 e. The Morgan fingerprint density at radius 2 is 1.78 bits per heavy atom. The number of carbonyl (C=O) groups is 1. The average molecular weight is 549 g/mol. The zero-order chi connectivity index (χ0) is 27.0. The topological polar surface area (TPSA) is 210 Å². The molecule has 0 aliphatic carbocycles. The molecule has 2 aliphatic heterocycles. The van der Waals surface area contributed by atoms with E-state index in [9.17, 15) is 30.3 Å². The second kappa shape index (κ2) is 13.6. The Labute approximate surface area is 216 Å². The van der Waals surface area contributed by atoms with Gasteiger partial charge in [-0.15, -0.1) is 11.8 Å². The Bertz CT molecular complexity index is 935. The highest BCUT2D eigenvalue weighted by molar-refractivity contribution is 8.14. The molecule has 37 heavy (non-hydrogen) atoms. The molecular weight excluding hydrogens is 516 g/mol. The van der Waals surface area contributed by atoms with Gasteiger partial charge < -0.3 is 54.3 Å². The van der Waals surface area contributed by atoms with Crippen LogP contribution in [0.3, 0.4) is 0 Å². The van der Waals surface area contributed by atoms with E-state index in [1.807, 2.05) is 0 Å². The molecule has 0 spiro atoms. The summed E-state index contributed by atoms with van der Waals surface area (Å²) in [7, 11) is 0. The third-order valence-corrected chi connectivity index (χ3v) is 6.84. The number of aromatic nitrogens is 1. The Morgan fingerprint density at radius 3 is 2.41 bits per heavy atom. The smallest absolute Gasteiger partial charge is 0.332 e. The lowest BCUT2D eigenvalue weighted by Gasteiger charge is -2.39. The Balaban J connectivity index is 1.26. The number of aliphatic hydroxyl groups excluding tert-OH is 4. The fourth-order valence-corrected chi connectivity index (χ4v) is 4.54. The molecule has 15 heteroatoms. The van der Waals surface area contributed by atoms with Crippen molar-refractivity contribution in [3.8, 4) is 11.5 Å². The maximum absolute atomic E-state index is 11.3. The summed E-state index contributed by atoms with van der Waals surface area (Å²) in [6.45, 7) is 2.12. The van der Waals surface area contributed by atoms with Crippen molar-refractivity contribution >= 4 is 22.8 Å². The fourth-order valence-electron chi connectivity index (χ4n) is 3.38. The van der Waals surface area contributed by atoms with Crippen molar-refractivity contribution in [1.29, 1.82) is 0 Å². The summed E-state index contributed by atoms with van der Waals surface area (Å²) in [4.78, 5) is 19.6. The first-order chi connectivity index (χ1) is 17.7. The monoisotopic (exact) mass is 548 g/mol. The molecule has 2 aliphatic rings. The standard InChI is InChI=1S/C22H32N2O12S/c1-22(21(30)31)11-37-19(24-22)15-13(26)8-12(9-23-15)34-6-4-32-2-3-33-5-7-35-20-18(29)17(28)16(27)14(10-25)36-20/h8-9,14,16-18,20,25-29H,2-7,10-11H2,1H3,(H,30,31)/t14?,16-,17?,18+,20+,22-/m1/s1. The molecule has 3 rings (SSSR count). The van der Waals surface area contributed by atoms with Gasteiger partial charge in [-0.05, 0) is 6.92 Å². The number of pyridine rings is 1. The normalized spacial score (nSPS) is 29.8. The van der Waals surface area contributed by atoms with E-state index in [4.69, 9.17) is 28.8 Å². The van der Waals surface area contributed by atoms with Gasteiger partial charge in [0, 0.05) is 11.8 Å². The Morgan fingerprint density at radius 1 is 1.11 bits per heavy atom. The number of aliphatic hydroxyl groups is 4. The van der Waals surface area contributed by atoms with Gasteiger partial charge >= 0.3 is 5.97 Å². The van der Waals surface area contributed by atoms with Gasteiger partial charge in [-0.3, -0.25) is 4.99 Å². The summed E-state index contributed by atoms with van der Waals surface area (Å²) in [5, 5.41) is 58.4. The van der Waals surface area contributed by atoms with E-state index in [2.05, 4.69) is 9.98 Å². The highest BCUT2D eigenvalue weighted by Gasteiger charge is 2.44. The first-order valence-corrected chi connectivity index (χ1v) is 12.5. The third-order valence-electron chi connectivity index (χ3n) is 5.57. The summed E-state index contributed by atoms with van der Waals surface area (Å²) < 4.78 is 26.8. The molecule has 0 aromatic carbocycles. The molecule has 0 radical (unpaired) electrons. The Kier molecular flexibility index (Phi) is 10.9. The van der Waals surface area contributed by atoms with Crippen molar-refractivity contribution in [3.63, 3.8) is 0 Å². The fraction of sp³-hybridized carbons (Fsp3) is 0.682. The third kappa shape index (κ3) is 7.72. The first-order valence-electron chi connectivity index (χ1n) is 11.5. The van der Waals surface area contributed by atoms with E-state index < -0.39 is 48.8 Å². The first kappa shape index (κ1) is 29.5. The van der Waals surface area contributed by atoms with Gasteiger partial charge in [-0.25, -0.2) is 9.78 Å². The van der Waals surface area contributed by atoms with Crippen LogP contribution in [0.4, 0.5) is 0 Å². The molecule has 2 unspecified atom stereocenters. The minimum absolute atomic E-state index is 0.0404. The minimum atomic E-state index is -1.50. The molecule has 1 fully saturated rings. The van der Waals surface area contributed by atoms with Crippen LogP contribution in [0.1, 0.15) is 12.6 Å². The van der Waals surface area contributed by atoms with E-state index in [-0.39, 0.29) is 56.8 Å². The van der Waals surface area contributed by atoms with Crippen LogP contribution in [0, 0.1) is 0 Å². The second-order valence-electron chi connectivity index (χ2n) is 8.46. The van der Waals surface area contributed by atoms with Crippen LogP contribution >= 0.6 is 11.8 Å². The molecule has 1 aromatic heterocycles. The van der Waals surface area contributed by atoms with Crippen molar-refractivity contribution in [2.45, 2.75) is 43.2 Å². The van der Waals surface area contributed by atoms with Crippen molar-refractivity contribution in [1.82, 2.24) is 4.98 Å². The number of hydrogen-bond donors (Lipinski definition) is 6.